The van der Waals surface area contributed by atoms with Gasteiger partial charge in [0.1, 0.15) is 0 Å². The average molecular weight is 379 g/mol. The highest BCUT2D eigenvalue weighted by atomic mass is 15.2. The molecule has 3 aromatic rings. The Kier molecular flexibility index (Phi) is 4.85. The van der Waals surface area contributed by atoms with Crippen molar-refractivity contribution in [2.24, 2.45) is 0 Å². The molecule has 6 heteroatoms. The lowest BCUT2D eigenvalue weighted by atomic mass is 9.86. The van der Waals surface area contributed by atoms with Crippen LogP contribution >= 0.6 is 0 Å². The van der Waals surface area contributed by atoms with Crippen LogP contribution in [0.25, 0.3) is 22.2 Å². The Morgan fingerprint density at radius 2 is 1.79 bits per heavy atom. The molecule has 0 aliphatic carbocycles. The lowest BCUT2D eigenvalue weighted by Crippen LogP contribution is -2.48. The Labute approximate surface area is 166 Å². The van der Waals surface area contributed by atoms with Crippen molar-refractivity contribution in [3.05, 3.63) is 41.6 Å². The fourth-order valence-corrected chi connectivity index (χ4v) is 4.01. The van der Waals surface area contributed by atoms with E-state index >= 15 is 0 Å². The van der Waals surface area contributed by atoms with E-state index in [1.165, 1.54) is 5.56 Å². The minimum atomic E-state index is -0.0799. The van der Waals surface area contributed by atoms with Gasteiger partial charge in [0, 0.05) is 38.1 Å². The summed E-state index contributed by atoms with van der Waals surface area (Å²) in [6, 6.07) is 10.8. The molecule has 0 amide bonds. The number of anilines is 1. The van der Waals surface area contributed by atoms with Gasteiger partial charge in [-0.25, -0.2) is 4.98 Å². The molecular weight excluding hydrogens is 348 g/mol. The van der Waals surface area contributed by atoms with E-state index in [1.54, 1.807) is 0 Å². The zero-order valence-corrected chi connectivity index (χ0v) is 17.3. The summed E-state index contributed by atoms with van der Waals surface area (Å²) in [6.07, 6.45) is 0. The molecule has 1 fully saturated rings. The van der Waals surface area contributed by atoms with Crippen LogP contribution in [-0.2, 0) is 5.41 Å². The number of nitrogens with zero attached hydrogens (tertiary/aromatic N) is 4. The molecule has 6 nitrogen and oxygen atoms in total. The third-order valence-corrected chi connectivity index (χ3v) is 5.83. The highest BCUT2D eigenvalue weighted by molar-refractivity contribution is 6.00. The molecule has 4 rings (SSSR count). The number of benzene rings is 1. The summed E-state index contributed by atoms with van der Waals surface area (Å²) in [5.41, 5.74) is 11.4. The van der Waals surface area contributed by atoms with E-state index in [-0.39, 0.29) is 5.41 Å². The summed E-state index contributed by atoms with van der Waals surface area (Å²) in [5, 5.41) is 8.15. The summed E-state index contributed by atoms with van der Waals surface area (Å²) in [5.74, 6) is 0.501. The third-order valence-electron chi connectivity index (χ3n) is 5.83. The topological polar surface area (TPSA) is 74.1 Å². The van der Waals surface area contributed by atoms with Crippen LogP contribution in [0.15, 0.2) is 30.3 Å². The summed E-state index contributed by atoms with van der Waals surface area (Å²) in [6.45, 7) is 12.1. The number of piperazine rings is 1. The summed E-state index contributed by atoms with van der Waals surface area (Å²) in [4.78, 5) is 9.84. The van der Waals surface area contributed by atoms with Crippen molar-refractivity contribution in [3.8, 4) is 11.1 Å². The molecule has 3 heterocycles. The number of H-pyrrole nitrogens is 1. The van der Waals surface area contributed by atoms with Crippen LogP contribution in [-0.4, -0.2) is 64.8 Å². The second-order valence-electron chi connectivity index (χ2n) is 8.72. The smallest absolute Gasteiger partial charge is 0.158 e. The molecule has 148 valence electrons. The van der Waals surface area contributed by atoms with Crippen LogP contribution < -0.4 is 5.73 Å². The fourth-order valence-electron chi connectivity index (χ4n) is 4.01. The van der Waals surface area contributed by atoms with Crippen LogP contribution in [0.1, 0.15) is 25.1 Å². The third kappa shape index (κ3) is 3.62. The Morgan fingerprint density at radius 3 is 2.46 bits per heavy atom. The molecule has 0 unspecified atom stereocenters. The van der Waals surface area contributed by atoms with Gasteiger partial charge in [-0.1, -0.05) is 43.7 Å². The van der Waals surface area contributed by atoms with E-state index < -0.39 is 0 Å². The zero-order valence-electron chi connectivity index (χ0n) is 17.3. The molecular formula is C22H30N6. The van der Waals surface area contributed by atoms with Gasteiger partial charge in [0.2, 0.25) is 0 Å². The first-order valence-electron chi connectivity index (χ1n) is 9.96. The first-order chi connectivity index (χ1) is 13.3. The number of hydrogen-bond acceptors (Lipinski definition) is 5. The van der Waals surface area contributed by atoms with Gasteiger partial charge < -0.3 is 10.6 Å². The second-order valence-corrected chi connectivity index (χ2v) is 8.72. The second kappa shape index (κ2) is 7.18. The van der Waals surface area contributed by atoms with Crippen LogP contribution in [0.5, 0.6) is 0 Å². The maximum atomic E-state index is 6.17. The molecule has 0 spiro atoms. The first-order valence-corrected chi connectivity index (χ1v) is 9.96. The number of nitrogen functional groups attached to an aromatic ring is 1. The van der Waals surface area contributed by atoms with Crippen LogP contribution in [0.4, 0.5) is 5.82 Å². The molecule has 3 N–H and O–H groups in total. The molecule has 0 radical (unpaired) electrons. The van der Waals surface area contributed by atoms with E-state index in [0.29, 0.717) is 5.82 Å². The maximum absolute atomic E-state index is 6.17. The molecule has 1 saturated heterocycles. The molecule has 1 aromatic carbocycles. The van der Waals surface area contributed by atoms with Crippen molar-refractivity contribution in [3.63, 3.8) is 0 Å². The van der Waals surface area contributed by atoms with E-state index in [4.69, 9.17) is 10.7 Å². The molecule has 1 aliphatic rings. The number of fused-ring (bicyclic) bond motifs is 1. The van der Waals surface area contributed by atoms with Crippen molar-refractivity contribution in [2.75, 3.05) is 45.5 Å². The maximum Gasteiger partial charge on any atom is 0.158 e. The van der Waals surface area contributed by atoms with Crippen molar-refractivity contribution >= 4 is 16.9 Å². The minimum absolute atomic E-state index is 0.0799. The molecule has 1 aliphatic heterocycles. The number of rotatable bonds is 4. The Morgan fingerprint density at radius 1 is 1.11 bits per heavy atom. The van der Waals surface area contributed by atoms with E-state index in [1.807, 2.05) is 0 Å². The lowest BCUT2D eigenvalue weighted by Gasteiger charge is -2.37. The highest BCUT2D eigenvalue weighted by Crippen LogP contribution is 2.35. The standard InChI is InChI=1S/C22H30N6/c1-15-5-7-16(8-6-15)17-13-18(24-21-19(17)20(23)25-26-21)22(2,3)14-28-11-9-27(4)10-12-28/h5-8,13H,9-12,14H2,1-4H3,(H3,23,24,25,26). The number of aryl methyl sites for hydroxylation is 1. The summed E-state index contributed by atoms with van der Waals surface area (Å²) in [7, 11) is 2.19. The monoisotopic (exact) mass is 378 g/mol. The number of pyridine rings is 1. The van der Waals surface area contributed by atoms with Gasteiger partial charge in [0.15, 0.2) is 11.5 Å². The Balaban J connectivity index is 1.74. The largest absolute Gasteiger partial charge is 0.382 e. The fraction of sp³-hybridized carbons (Fsp3) is 0.455. The normalized spacial score (nSPS) is 16.7. The molecule has 28 heavy (non-hydrogen) atoms. The van der Waals surface area contributed by atoms with Gasteiger partial charge in [0.25, 0.3) is 0 Å². The number of nitrogens with one attached hydrogen (secondary N) is 1. The van der Waals surface area contributed by atoms with E-state index in [9.17, 15) is 0 Å². The van der Waals surface area contributed by atoms with Gasteiger partial charge in [-0.15, -0.1) is 0 Å². The predicted octanol–water partition coefficient (Wildman–Crippen LogP) is 3.04. The minimum Gasteiger partial charge on any atom is -0.382 e. The quantitative estimate of drug-likeness (QED) is 0.730. The van der Waals surface area contributed by atoms with E-state index in [2.05, 4.69) is 78.1 Å². The molecule has 0 bridgehead atoms. The predicted molar refractivity (Wildman–Crippen MR) is 115 cm³/mol. The van der Waals surface area contributed by atoms with Gasteiger partial charge in [-0.2, -0.15) is 5.10 Å². The number of hydrogen-bond donors (Lipinski definition) is 2. The highest BCUT2D eigenvalue weighted by Gasteiger charge is 2.29. The Bertz CT molecular complexity index is 965. The van der Waals surface area contributed by atoms with Crippen molar-refractivity contribution in [1.29, 1.82) is 0 Å². The van der Waals surface area contributed by atoms with Crippen molar-refractivity contribution in [2.45, 2.75) is 26.2 Å². The average Bonchev–Trinajstić information content (AvgIpc) is 3.05. The number of aromatic amines is 1. The number of likely N-dealkylation sites (N-methyl/N-ethyl adjacent to an activating group) is 1. The Hall–Kier alpha value is -2.44. The molecule has 2 aromatic heterocycles. The SMILES string of the molecule is Cc1ccc(-c2cc(C(C)(C)CN3CCN(C)CC3)nc3[nH]nc(N)c23)cc1. The van der Waals surface area contributed by atoms with Crippen LogP contribution in [0, 0.1) is 6.92 Å². The lowest BCUT2D eigenvalue weighted by molar-refractivity contribution is 0.132. The van der Waals surface area contributed by atoms with E-state index in [0.717, 1.165) is 60.6 Å². The number of aromatic nitrogens is 3. The molecule has 0 atom stereocenters. The van der Waals surface area contributed by atoms with Crippen LogP contribution in [0.2, 0.25) is 0 Å². The van der Waals surface area contributed by atoms with Crippen LogP contribution in [0.3, 0.4) is 0 Å². The zero-order chi connectivity index (χ0) is 19.9. The van der Waals surface area contributed by atoms with Gasteiger partial charge in [-0.05, 0) is 31.2 Å². The summed E-state index contributed by atoms with van der Waals surface area (Å²) >= 11 is 0. The molecule has 0 saturated carbocycles. The number of nitrogens with two attached hydrogens (primary N) is 1. The van der Waals surface area contributed by atoms with Crippen molar-refractivity contribution < 1.29 is 0 Å². The van der Waals surface area contributed by atoms with Gasteiger partial charge >= 0.3 is 0 Å². The van der Waals surface area contributed by atoms with Gasteiger partial charge in [-0.3, -0.25) is 10.00 Å². The first kappa shape index (κ1) is 18.9. The van der Waals surface area contributed by atoms with Gasteiger partial charge in [0.05, 0.1) is 11.1 Å². The van der Waals surface area contributed by atoms with Crippen molar-refractivity contribution in [1.82, 2.24) is 25.0 Å². The summed E-state index contributed by atoms with van der Waals surface area (Å²) < 4.78 is 0.